The molecule has 10 aromatic rings. The number of benzene rings is 9. The Balaban J connectivity index is 0.000000763. The summed E-state index contributed by atoms with van der Waals surface area (Å²) in [5.74, 6) is 7.64. The Labute approximate surface area is 818 Å². The van der Waals surface area contributed by atoms with Crippen LogP contribution in [0.15, 0.2) is 248 Å². The molecule has 4 N–H and O–H groups in total. The van der Waals surface area contributed by atoms with E-state index >= 15 is 0 Å². The summed E-state index contributed by atoms with van der Waals surface area (Å²) in [4.78, 5) is 45.3. The quantitative estimate of drug-likeness (QED) is 0.00987. The van der Waals surface area contributed by atoms with Crippen molar-refractivity contribution >= 4 is 35.2 Å². The first-order valence-electron chi connectivity index (χ1n) is 48.9. The number of ether oxygens (including phenoxy) is 8. The van der Waals surface area contributed by atoms with E-state index in [9.17, 15) is 19.2 Å². The van der Waals surface area contributed by atoms with Crippen molar-refractivity contribution in [3.8, 4) is 40.2 Å². The minimum absolute atomic E-state index is 0.0224. The molecule has 135 heavy (non-hydrogen) atoms. The molecule has 0 amide bonds. The largest absolute Gasteiger partial charge is 0.508 e. The lowest BCUT2D eigenvalue weighted by molar-refractivity contribution is -0.160. The predicted molar refractivity (Wildman–Crippen MR) is 562 cm³/mol. The highest BCUT2D eigenvalue weighted by molar-refractivity contribution is 7.12. The first kappa shape index (κ1) is 122. The standard InChI is InChI=1S/C19H24O4S.C19H24O2.C12H16O2.4C10H14O.C10H14.2C9H18O2/c1-4-14(2)16-7-9-17(10-8-16)23-15(3)21-11-12-22-19(20)18-6-5-13-24-18;1-4-15(2)18-10-12-19(13-11-18)21-16(3)20-14-17-8-6-5-7-9-17;1-4-9(2)11-5-7-12(8-6-11)14-10(3)13;4*1-3-8(2)9-4-6-10(11)7-5-9;1-3-9(2)10-7-5-4-6-8-10;2*1-6-7(2)8(10)11-9(3,4)5/h5-10,13-15H,4,11-12H2,1-3H3;5-13,15-16H,4,14H2,1-3H3;5-9H,4H2,1-3H3;4*4-8,11H,3H2,1-2H3;4-9H,3H2,1-2H3;2*7H,6H2,1-5H3. The third-order valence-electron chi connectivity index (χ3n) is 22.9. The van der Waals surface area contributed by atoms with Crippen LogP contribution in [0, 0.1) is 11.8 Å². The van der Waals surface area contributed by atoms with Gasteiger partial charge in [0.2, 0.25) is 0 Å². The fourth-order valence-corrected chi connectivity index (χ4v) is 12.5. The maximum Gasteiger partial charge on any atom is 0.348 e. The first-order chi connectivity index (χ1) is 63.9. The number of carbonyl (C=O) groups is 4. The highest BCUT2D eigenvalue weighted by atomic mass is 32.1. The van der Waals surface area contributed by atoms with E-state index in [2.05, 4.69) is 165 Å². The fourth-order valence-electron chi connectivity index (χ4n) is 11.9. The van der Waals surface area contributed by atoms with Gasteiger partial charge in [-0.25, -0.2) is 4.79 Å². The van der Waals surface area contributed by atoms with Crippen LogP contribution in [0.2, 0.25) is 0 Å². The van der Waals surface area contributed by atoms with Gasteiger partial charge < -0.3 is 58.3 Å². The van der Waals surface area contributed by atoms with E-state index in [-0.39, 0.29) is 59.8 Å². The molecule has 1 aromatic heterocycles. The lowest BCUT2D eigenvalue weighted by atomic mass is 9.99. The molecular formula is C118H170O16S. The number of aromatic hydroxyl groups is 4. The summed E-state index contributed by atoms with van der Waals surface area (Å²) in [7, 11) is 0. The van der Waals surface area contributed by atoms with Gasteiger partial charge in [0.1, 0.15) is 62.9 Å². The smallest absolute Gasteiger partial charge is 0.348 e. The Hall–Kier alpha value is -10.7. The molecule has 12 unspecified atom stereocenters. The second-order valence-electron chi connectivity index (χ2n) is 36.4. The second kappa shape index (κ2) is 69.1. The average molecular weight is 1880 g/mol. The Morgan fingerprint density at radius 1 is 0.304 bits per heavy atom. The Morgan fingerprint density at radius 2 is 0.563 bits per heavy atom. The van der Waals surface area contributed by atoms with Crippen LogP contribution in [0.1, 0.15) is 372 Å². The number of phenolic OH excluding ortho intramolecular Hbond substituents is 4. The second-order valence-corrected chi connectivity index (χ2v) is 37.3. The summed E-state index contributed by atoms with van der Waals surface area (Å²) in [5.41, 5.74) is 11.0. The Morgan fingerprint density at radius 3 is 0.815 bits per heavy atom. The van der Waals surface area contributed by atoms with Gasteiger partial charge in [-0.3, -0.25) is 14.4 Å². The Bertz CT molecular complexity index is 4400. The molecule has 10 rings (SSSR count). The van der Waals surface area contributed by atoms with E-state index in [0.717, 1.165) is 74.8 Å². The molecule has 0 saturated heterocycles. The van der Waals surface area contributed by atoms with Gasteiger partial charge in [0, 0.05) is 6.92 Å². The zero-order valence-electron chi connectivity index (χ0n) is 87.4. The monoisotopic (exact) mass is 1880 g/mol. The van der Waals surface area contributed by atoms with Gasteiger partial charge >= 0.3 is 23.9 Å². The van der Waals surface area contributed by atoms with Crippen LogP contribution >= 0.6 is 11.3 Å². The normalized spacial score (nSPS) is 13.3. The van der Waals surface area contributed by atoms with Gasteiger partial charge in [0.05, 0.1) is 25.0 Å². The van der Waals surface area contributed by atoms with Crippen molar-refractivity contribution in [2.45, 2.75) is 343 Å². The molecule has 12 atom stereocenters. The van der Waals surface area contributed by atoms with Crippen molar-refractivity contribution in [1.29, 1.82) is 0 Å². The van der Waals surface area contributed by atoms with Crippen LogP contribution in [0.25, 0.3) is 0 Å². The Kier molecular flexibility index (Phi) is 62.6. The highest BCUT2D eigenvalue weighted by Gasteiger charge is 2.22. The number of carbonyl (C=O) groups excluding carboxylic acids is 4. The molecule has 0 aliphatic carbocycles. The minimum atomic E-state index is -0.403. The van der Waals surface area contributed by atoms with E-state index in [1.807, 2.05) is 222 Å². The van der Waals surface area contributed by atoms with Gasteiger partial charge in [-0.15, -0.1) is 11.3 Å². The van der Waals surface area contributed by atoms with Gasteiger partial charge in [0.25, 0.3) is 0 Å². The van der Waals surface area contributed by atoms with Gasteiger partial charge in [-0.05, 0) is 313 Å². The van der Waals surface area contributed by atoms with Crippen molar-refractivity contribution < 1.29 is 77.5 Å². The van der Waals surface area contributed by atoms with Gasteiger partial charge in [0.15, 0.2) is 12.6 Å². The lowest BCUT2D eigenvalue weighted by Gasteiger charge is -2.21. The molecule has 744 valence electrons. The molecule has 0 aliphatic rings. The first-order valence-corrected chi connectivity index (χ1v) is 49.8. The summed E-state index contributed by atoms with van der Waals surface area (Å²) < 4.78 is 43.1. The molecule has 9 aromatic carbocycles. The zero-order chi connectivity index (χ0) is 102. The average Bonchev–Trinajstić information content (AvgIpc) is 1.56. The third-order valence-corrected chi connectivity index (χ3v) is 23.7. The molecule has 0 spiro atoms. The van der Waals surface area contributed by atoms with Crippen LogP contribution in [-0.2, 0) is 44.7 Å². The number of rotatable bonds is 33. The molecule has 0 bridgehead atoms. The molecule has 0 saturated carbocycles. The van der Waals surface area contributed by atoms with Crippen LogP contribution in [0.5, 0.6) is 40.2 Å². The summed E-state index contributed by atoms with van der Waals surface area (Å²) >= 11 is 1.36. The van der Waals surface area contributed by atoms with E-state index in [1.54, 1.807) is 54.6 Å². The van der Waals surface area contributed by atoms with E-state index in [4.69, 9.17) is 58.3 Å². The third kappa shape index (κ3) is 55.8. The van der Waals surface area contributed by atoms with Crippen molar-refractivity contribution in [1.82, 2.24) is 0 Å². The summed E-state index contributed by atoms with van der Waals surface area (Å²) in [6.45, 7) is 60.3. The van der Waals surface area contributed by atoms with Crippen molar-refractivity contribution in [2.24, 2.45) is 11.8 Å². The lowest BCUT2D eigenvalue weighted by Crippen LogP contribution is -2.27. The van der Waals surface area contributed by atoms with E-state index in [0.29, 0.717) is 94.2 Å². The van der Waals surface area contributed by atoms with E-state index < -0.39 is 6.29 Å². The molecule has 17 heteroatoms. The molecule has 0 fully saturated rings. The highest BCUT2D eigenvalue weighted by Crippen LogP contribution is 2.29. The SMILES string of the molecule is CCC(C)C(=O)OC(C)(C)C.CCC(C)C(=O)OC(C)(C)C.CCC(C)c1ccc(O)cc1.CCC(C)c1ccc(O)cc1.CCC(C)c1ccc(O)cc1.CCC(C)c1ccc(O)cc1.CCC(C)c1ccc(OC(C)=O)cc1.CCC(C)c1ccc(OC(C)OCCOC(=O)c2cccs2)cc1.CCC(C)c1ccc(OC(C)OCc2ccccc2)cc1.CCC(C)c1ccccc1. The molecular weight excluding hydrogens is 1710 g/mol. The van der Waals surface area contributed by atoms with E-state index in [1.165, 1.54) is 69.2 Å². The number of thiophene rings is 1. The van der Waals surface area contributed by atoms with Crippen LogP contribution in [0.3, 0.4) is 0 Å². The summed E-state index contributed by atoms with van der Waals surface area (Å²) in [5, 5.41) is 37.9. The van der Waals surface area contributed by atoms with Crippen molar-refractivity contribution in [3.63, 3.8) is 0 Å². The number of hydrogen-bond donors (Lipinski definition) is 4. The van der Waals surface area contributed by atoms with Gasteiger partial charge in [-0.2, -0.15) is 0 Å². The number of esters is 4. The maximum atomic E-state index is 11.7. The fraction of sp³-hybridized carbons (Fsp3) is 0.475. The van der Waals surface area contributed by atoms with Crippen molar-refractivity contribution in [2.75, 3.05) is 13.2 Å². The van der Waals surface area contributed by atoms with Crippen LogP contribution in [0.4, 0.5) is 0 Å². The zero-order valence-corrected chi connectivity index (χ0v) is 88.2. The van der Waals surface area contributed by atoms with Gasteiger partial charge in [-0.1, -0.05) is 290 Å². The van der Waals surface area contributed by atoms with Crippen LogP contribution < -0.4 is 14.2 Å². The summed E-state index contributed by atoms with van der Waals surface area (Å²) in [6, 6.07) is 78.1. The molecule has 16 nitrogen and oxygen atoms in total. The molecule has 0 aliphatic heterocycles. The number of hydrogen-bond acceptors (Lipinski definition) is 17. The molecule has 1 heterocycles. The number of phenols is 4. The topological polar surface area (TPSA) is 223 Å². The van der Waals surface area contributed by atoms with Crippen LogP contribution in [-0.4, -0.2) is 81.3 Å². The maximum absolute atomic E-state index is 11.7. The summed E-state index contributed by atoms with van der Waals surface area (Å²) in [6.07, 6.45) is 10.2. The van der Waals surface area contributed by atoms with Crippen molar-refractivity contribution in [3.05, 3.63) is 303 Å². The molecule has 0 radical (unpaired) electrons. The predicted octanol–water partition coefficient (Wildman–Crippen LogP) is 32.7. The minimum Gasteiger partial charge on any atom is -0.508 e.